The molecular weight excluding hydrogens is 270 g/mol. The van der Waals surface area contributed by atoms with E-state index in [-0.39, 0.29) is 13.2 Å². The number of carbonyl (C=O) groups excluding carboxylic acids is 3. The van der Waals surface area contributed by atoms with Crippen molar-refractivity contribution in [1.82, 2.24) is 0 Å². The minimum Gasteiger partial charge on any atom is -0.499 e. The number of hydrogen-bond donors (Lipinski definition) is 1. The molecular formula is C7H7Cl3O5. The lowest BCUT2D eigenvalue weighted by atomic mass is 10.7. The van der Waals surface area contributed by atoms with Gasteiger partial charge in [0.2, 0.25) is 5.24 Å². The van der Waals surface area contributed by atoms with Crippen LogP contribution in [0.5, 0.6) is 0 Å². The Balaban J connectivity index is 0. The molecule has 0 aliphatic rings. The highest BCUT2D eigenvalue weighted by Crippen LogP contribution is 1.85. The average molecular weight is 277 g/mol. The van der Waals surface area contributed by atoms with Crippen molar-refractivity contribution in [3.05, 3.63) is 12.3 Å². The van der Waals surface area contributed by atoms with Gasteiger partial charge in [-0.2, -0.15) is 0 Å². The number of allylic oxidation sites excluding steroid dienone is 1. The topological polar surface area (TPSA) is 80.7 Å². The summed E-state index contributed by atoms with van der Waals surface area (Å²) in [6.07, 6.45) is 2.21. The molecule has 0 bridgehead atoms. The summed E-state index contributed by atoms with van der Waals surface area (Å²) in [5.74, 6) is 0. The molecule has 15 heavy (non-hydrogen) atoms. The Kier molecular flexibility index (Phi) is 12.8. The Labute approximate surface area is 101 Å². The first-order chi connectivity index (χ1) is 6.91. The fourth-order valence-electron chi connectivity index (χ4n) is 0.222. The lowest BCUT2D eigenvalue weighted by molar-refractivity contribution is -0.127. The van der Waals surface area contributed by atoms with Gasteiger partial charge in [-0.05, 0) is 34.8 Å². The molecule has 0 aliphatic carbocycles. The van der Waals surface area contributed by atoms with Crippen LogP contribution in [0.3, 0.4) is 0 Å². The third-order valence-corrected chi connectivity index (χ3v) is 1.22. The molecule has 0 aromatic heterocycles. The molecule has 0 spiro atoms. The van der Waals surface area contributed by atoms with Crippen LogP contribution in [-0.4, -0.2) is 34.0 Å². The smallest absolute Gasteiger partial charge is 0.304 e. The van der Waals surface area contributed by atoms with Crippen molar-refractivity contribution in [3.63, 3.8) is 0 Å². The molecule has 86 valence electrons. The Morgan fingerprint density at radius 3 is 1.87 bits per heavy atom. The van der Waals surface area contributed by atoms with Gasteiger partial charge in [-0.3, -0.25) is 14.4 Å². The molecule has 0 amide bonds. The molecule has 0 aliphatic heterocycles. The molecule has 1 N–H and O–H groups in total. The SMILES string of the molecule is O=C(Cl)C(=O)Cl.O=C(Cl)C=COCCO. The van der Waals surface area contributed by atoms with Gasteiger partial charge >= 0.3 is 10.5 Å². The number of rotatable bonds is 5. The second-order valence-corrected chi connectivity index (χ2v) is 2.81. The maximum atomic E-state index is 9.94. The Bertz CT molecular complexity index is 239. The van der Waals surface area contributed by atoms with Gasteiger partial charge < -0.3 is 9.84 Å². The predicted octanol–water partition coefficient (Wildman–Crippen LogP) is 0.792. The summed E-state index contributed by atoms with van der Waals surface area (Å²) >= 11 is 13.9. The maximum absolute atomic E-state index is 9.94. The summed E-state index contributed by atoms with van der Waals surface area (Å²) < 4.78 is 4.56. The first-order valence-electron chi connectivity index (χ1n) is 3.39. The van der Waals surface area contributed by atoms with Crippen LogP contribution in [0.15, 0.2) is 12.3 Å². The van der Waals surface area contributed by atoms with E-state index in [0.29, 0.717) is 0 Å². The number of ether oxygens (including phenoxy) is 1. The van der Waals surface area contributed by atoms with Crippen molar-refractivity contribution in [3.8, 4) is 0 Å². The van der Waals surface area contributed by atoms with Crippen LogP contribution in [-0.2, 0) is 19.1 Å². The first kappa shape index (κ1) is 16.8. The van der Waals surface area contributed by atoms with Gasteiger partial charge in [0.25, 0.3) is 0 Å². The summed E-state index contributed by atoms with van der Waals surface area (Å²) in [6, 6.07) is 0. The van der Waals surface area contributed by atoms with E-state index in [0.717, 1.165) is 12.3 Å². The van der Waals surface area contributed by atoms with Gasteiger partial charge in [0, 0.05) is 6.08 Å². The molecule has 0 rings (SSSR count). The normalized spacial score (nSPS) is 9.07. The van der Waals surface area contributed by atoms with Crippen molar-refractivity contribution in [2.24, 2.45) is 0 Å². The number of halogens is 3. The quantitative estimate of drug-likeness (QED) is 0.264. The maximum Gasteiger partial charge on any atom is 0.304 e. The lowest BCUT2D eigenvalue weighted by Gasteiger charge is -1.91. The third-order valence-electron chi connectivity index (χ3n) is 0.659. The minimum atomic E-state index is -1.14. The Morgan fingerprint density at radius 2 is 1.60 bits per heavy atom. The molecule has 0 atom stereocenters. The van der Waals surface area contributed by atoms with Gasteiger partial charge in [-0.25, -0.2) is 0 Å². The van der Waals surface area contributed by atoms with Crippen LogP contribution in [0.25, 0.3) is 0 Å². The van der Waals surface area contributed by atoms with Crippen molar-refractivity contribution in [1.29, 1.82) is 0 Å². The van der Waals surface area contributed by atoms with E-state index in [1.807, 2.05) is 0 Å². The van der Waals surface area contributed by atoms with Crippen LogP contribution in [0, 0.1) is 0 Å². The standard InChI is InChI=1S/C5H7ClO3.C2Cl2O2/c6-5(8)1-3-9-4-2-7;3-1(5)2(4)6/h1,3,7H,2,4H2;. The molecule has 0 saturated carbocycles. The molecule has 8 heteroatoms. The summed E-state index contributed by atoms with van der Waals surface area (Å²) in [4.78, 5) is 28.8. The highest BCUT2D eigenvalue weighted by atomic mass is 35.5. The molecule has 0 aromatic carbocycles. The van der Waals surface area contributed by atoms with Crippen molar-refractivity contribution in [2.45, 2.75) is 0 Å². The van der Waals surface area contributed by atoms with Crippen molar-refractivity contribution < 1.29 is 24.2 Å². The van der Waals surface area contributed by atoms with E-state index in [2.05, 4.69) is 27.9 Å². The Morgan fingerprint density at radius 1 is 1.13 bits per heavy atom. The predicted molar refractivity (Wildman–Crippen MR) is 54.8 cm³/mol. The van der Waals surface area contributed by atoms with Gasteiger partial charge in [-0.1, -0.05) is 0 Å². The highest BCUT2D eigenvalue weighted by Gasteiger charge is 2.01. The fourth-order valence-corrected chi connectivity index (χ4v) is 0.274. The van der Waals surface area contributed by atoms with Crippen LogP contribution in [0.4, 0.5) is 0 Å². The van der Waals surface area contributed by atoms with E-state index in [4.69, 9.17) is 16.7 Å². The van der Waals surface area contributed by atoms with Gasteiger partial charge in [0.05, 0.1) is 12.9 Å². The highest BCUT2D eigenvalue weighted by molar-refractivity contribution is 6.97. The number of carbonyl (C=O) groups is 3. The monoisotopic (exact) mass is 276 g/mol. The number of aliphatic hydroxyl groups is 1. The molecule has 0 aromatic rings. The van der Waals surface area contributed by atoms with E-state index < -0.39 is 15.7 Å². The van der Waals surface area contributed by atoms with Crippen LogP contribution in [0.2, 0.25) is 0 Å². The summed E-state index contributed by atoms with van der Waals surface area (Å²) in [6.45, 7) is 0.113. The van der Waals surface area contributed by atoms with Crippen LogP contribution >= 0.6 is 34.8 Å². The second kappa shape index (κ2) is 11.5. The molecule has 0 radical (unpaired) electrons. The largest absolute Gasteiger partial charge is 0.499 e. The zero-order valence-electron chi connectivity index (χ0n) is 7.28. The van der Waals surface area contributed by atoms with E-state index >= 15 is 0 Å². The van der Waals surface area contributed by atoms with Crippen molar-refractivity contribution >= 4 is 50.5 Å². The van der Waals surface area contributed by atoms with Gasteiger partial charge in [0.1, 0.15) is 6.61 Å². The van der Waals surface area contributed by atoms with E-state index in [1.165, 1.54) is 0 Å². The first-order valence-corrected chi connectivity index (χ1v) is 4.53. The van der Waals surface area contributed by atoms with Crippen LogP contribution in [0.1, 0.15) is 0 Å². The zero-order valence-corrected chi connectivity index (χ0v) is 9.55. The Hall–Kier alpha value is -0.620. The van der Waals surface area contributed by atoms with Gasteiger partial charge in [-0.15, -0.1) is 0 Å². The van der Waals surface area contributed by atoms with Crippen molar-refractivity contribution in [2.75, 3.05) is 13.2 Å². The average Bonchev–Trinajstić information content (AvgIpc) is 2.13. The van der Waals surface area contributed by atoms with Crippen LogP contribution < -0.4 is 0 Å². The molecule has 0 heterocycles. The van der Waals surface area contributed by atoms with E-state index in [1.54, 1.807) is 0 Å². The summed E-state index contributed by atoms with van der Waals surface area (Å²) in [5.41, 5.74) is 0. The molecule has 0 saturated heterocycles. The minimum absolute atomic E-state index is 0.0686. The van der Waals surface area contributed by atoms with Gasteiger partial charge in [0.15, 0.2) is 0 Å². The molecule has 0 unspecified atom stereocenters. The second-order valence-electron chi connectivity index (χ2n) is 1.75. The number of hydrogen-bond acceptors (Lipinski definition) is 5. The molecule has 5 nitrogen and oxygen atoms in total. The summed E-state index contributed by atoms with van der Waals surface area (Å²) in [5, 5.41) is 5.28. The molecule has 0 fully saturated rings. The van der Waals surface area contributed by atoms with E-state index in [9.17, 15) is 14.4 Å². The lowest BCUT2D eigenvalue weighted by Crippen LogP contribution is -1.94. The third kappa shape index (κ3) is 19.7. The zero-order chi connectivity index (χ0) is 12.3. The summed E-state index contributed by atoms with van der Waals surface area (Å²) in [7, 11) is 0. The number of aliphatic hydroxyl groups excluding tert-OH is 1. The fraction of sp³-hybridized carbons (Fsp3) is 0.286.